The van der Waals surface area contributed by atoms with Crippen LogP contribution < -0.4 is 25.0 Å². The lowest BCUT2D eigenvalue weighted by Crippen LogP contribution is -2.49. The molecule has 0 unspecified atom stereocenters. The van der Waals surface area contributed by atoms with Gasteiger partial charge in [0.1, 0.15) is 11.5 Å². The van der Waals surface area contributed by atoms with Gasteiger partial charge in [-0.3, -0.25) is 24.5 Å². The number of rotatable bonds is 8. The third-order valence-corrected chi connectivity index (χ3v) is 9.23. The first-order valence-corrected chi connectivity index (χ1v) is 15.4. The van der Waals surface area contributed by atoms with Crippen LogP contribution in [0.1, 0.15) is 48.5 Å². The highest BCUT2D eigenvalue weighted by Crippen LogP contribution is 2.33. The van der Waals surface area contributed by atoms with E-state index in [-0.39, 0.29) is 24.8 Å². The van der Waals surface area contributed by atoms with Gasteiger partial charge in [0.25, 0.3) is 5.91 Å². The van der Waals surface area contributed by atoms with Crippen molar-refractivity contribution in [1.82, 2.24) is 24.9 Å². The van der Waals surface area contributed by atoms with Crippen molar-refractivity contribution < 1.29 is 23.9 Å². The predicted molar refractivity (Wildman–Crippen MR) is 168 cm³/mol. The second kappa shape index (κ2) is 12.7. The summed E-state index contributed by atoms with van der Waals surface area (Å²) in [6, 6.07) is 9.12. The summed E-state index contributed by atoms with van der Waals surface area (Å²) in [5.41, 5.74) is 2.91. The number of aromatic nitrogens is 2. The predicted octanol–water partition coefficient (Wildman–Crippen LogP) is 3.73. The van der Waals surface area contributed by atoms with Gasteiger partial charge in [0.15, 0.2) is 0 Å². The normalized spacial score (nSPS) is 18.9. The fraction of sp³-hybridized carbons (Fsp3) is 0.500. The molecule has 3 fully saturated rings. The number of hydrogen-bond acceptors (Lipinski definition) is 8. The molecule has 0 bridgehead atoms. The minimum atomic E-state index is -0.504. The molecule has 6 rings (SSSR count). The molecule has 3 aliphatic heterocycles. The van der Waals surface area contributed by atoms with E-state index in [2.05, 4.69) is 32.5 Å². The van der Waals surface area contributed by atoms with Crippen molar-refractivity contribution >= 4 is 40.1 Å². The van der Waals surface area contributed by atoms with Gasteiger partial charge in [0, 0.05) is 75.9 Å². The van der Waals surface area contributed by atoms with Gasteiger partial charge in [-0.1, -0.05) is 0 Å². The molecule has 3 aromatic rings. The highest BCUT2D eigenvalue weighted by atomic mass is 16.5. The lowest BCUT2D eigenvalue weighted by Gasteiger charge is -2.37. The number of nitrogens with one attached hydrogen (secondary N) is 2. The largest absolute Gasteiger partial charge is 0.495 e. The van der Waals surface area contributed by atoms with Crippen molar-refractivity contribution in [3.63, 3.8) is 0 Å². The van der Waals surface area contributed by atoms with E-state index < -0.39 is 6.03 Å². The van der Waals surface area contributed by atoms with Crippen LogP contribution in [0.3, 0.4) is 0 Å². The molecule has 2 aromatic carbocycles. The standard InChI is InChI=1S/C32H41N7O5/c1-33-26-16-23-20-39(35-25(23)18-29(26)44-3)24-8-11-36(12-9-24)19-21-6-13-37(14-7-21)31(41)22-4-5-28(43-2)27(17-22)38-15-10-30(40)34-32(38)42/h4-5,16-18,20-21,24,33H,6-15,19H2,1-3H3,(H,34,40,42). The molecule has 0 saturated carbocycles. The van der Waals surface area contributed by atoms with Crippen LogP contribution in [0.4, 0.5) is 16.2 Å². The average molecular weight is 604 g/mol. The van der Waals surface area contributed by atoms with Gasteiger partial charge in [0.05, 0.1) is 37.2 Å². The Morgan fingerprint density at radius 1 is 0.977 bits per heavy atom. The first-order valence-electron chi connectivity index (χ1n) is 15.4. The van der Waals surface area contributed by atoms with Crippen molar-refractivity contribution in [3.8, 4) is 11.5 Å². The van der Waals surface area contributed by atoms with E-state index in [1.807, 2.05) is 18.0 Å². The molecule has 4 heterocycles. The van der Waals surface area contributed by atoms with E-state index in [1.165, 1.54) is 12.0 Å². The van der Waals surface area contributed by atoms with Crippen LogP contribution in [0.2, 0.25) is 0 Å². The second-order valence-electron chi connectivity index (χ2n) is 11.9. The Labute approximate surface area is 257 Å². The Bertz CT molecular complexity index is 1500. The molecule has 0 spiro atoms. The molecule has 12 nitrogen and oxygen atoms in total. The number of benzene rings is 2. The van der Waals surface area contributed by atoms with Gasteiger partial charge >= 0.3 is 6.03 Å². The van der Waals surface area contributed by atoms with E-state index in [0.717, 1.165) is 67.7 Å². The van der Waals surface area contributed by atoms with Crippen LogP contribution in [0.15, 0.2) is 36.5 Å². The highest BCUT2D eigenvalue weighted by molar-refractivity contribution is 6.07. The number of piperidine rings is 2. The van der Waals surface area contributed by atoms with Crippen LogP contribution in [0.5, 0.6) is 11.5 Å². The topological polar surface area (TPSA) is 121 Å². The smallest absolute Gasteiger partial charge is 0.328 e. The second-order valence-corrected chi connectivity index (χ2v) is 11.9. The van der Waals surface area contributed by atoms with Gasteiger partial charge < -0.3 is 24.6 Å². The lowest BCUT2D eigenvalue weighted by molar-refractivity contribution is -0.120. The number of anilines is 2. The zero-order valence-electron chi connectivity index (χ0n) is 25.7. The molecule has 0 radical (unpaired) electrons. The first-order chi connectivity index (χ1) is 21.4. The van der Waals surface area contributed by atoms with Crippen molar-refractivity contribution in [2.75, 3.05) is 70.8 Å². The molecule has 44 heavy (non-hydrogen) atoms. The maximum absolute atomic E-state index is 13.5. The van der Waals surface area contributed by atoms with Crippen LogP contribution in [0, 0.1) is 5.92 Å². The molecular weight excluding hydrogens is 562 g/mol. The Morgan fingerprint density at radius 3 is 2.41 bits per heavy atom. The number of methoxy groups -OCH3 is 2. The Morgan fingerprint density at radius 2 is 1.73 bits per heavy atom. The monoisotopic (exact) mass is 603 g/mol. The molecule has 234 valence electrons. The maximum Gasteiger partial charge on any atom is 0.328 e. The van der Waals surface area contributed by atoms with E-state index in [0.29, 0.717) is 42.0 Å². The maximum atomic E-state index is 13.5. The number of fused-ring (bicyclic) bond motifs is 1. The SMILES string of the molecule is CNc1cc2cn(C3CCN(CC4CCN(C(=O)c5ccc(OC)c(N6CCC(=O)NC6=O)c5)CC4)CC3)nc2cc1OC. The van der Waals surface area contributed by atoms with E-state index in [1.54, 1.807) is 25.3 Å². The number of hydrogen-bond donors (Lipinski definition) is 2. The van der Waals surface area contributed by atoms with E-state index in [9.17, 15) is 14.4 Å². The lowest BCUT2D eigenvalue weighted by atomic mass is 9.94. The number of likely N-dealkylation sites (tertiary alicyclic amines) is 2. The van der Waals surface area contributed by atoms with Crippen LogP contribution >= 0.6 is 0 Å². The minimum absolute atomic E-state index is 0.0484. The molecule has 1 aromatic heterocycles. The van der Waals surface area contributed by atoms with E-state index >= 15 is 0 Å². The van der Waals surface area contributed by atoms with E-state index in [4.69, 9.17) is 14.6 Å². The fourth-order valence-corrected chi connectivity index (χ4v) is 6.68. The molecule has 3 saturated heterocycles. The van der Waals surface area contributed by atoms with Gasteiger partial charge in [-0.2, -0.15) is 5.10 Å². The number of nitrogens with zero attached hydrogens (tertiary/aromatic N) is 5. The summed E-state index contributed by atoms with van der Waals surface area (Å²) in [7, 11) is 5.10. The number of ether oxygens (including phenoxy) is 2. The molecule has 2 N–H and O–H groups in total. The number of carbonyl (C=O) groups excluding carboxylic acids is 3. The minimum Gasteiger partial charge on any atom is -0.495 e. The highest BCUT2D eigenvalue weighted by Gasteiger charge is 2.30. The van der Waals surface area contributed by atoms with Crippen molar-refractivity contribution in [2.45, 2.75) is 38.1 Å². The van der Waals surface area contributed by atoms with Crippen molar-refractivity contribution in [3.05, 3.63) is 42.1 Å². The zero-order chi connectivity index (χ0) is 30.8. The third kappa shape index (κ3) is 6.03. The number of urea groups is 1. The average Bonchev–Trinajstić information content (AvgIpc) is 3.47. The van der Waals surface area contributed by atoms with Crippen molar-refractivity contribution in [1.29, 1.82) is 0 Å². The Balaban J connectivity index is 1.01. The van der Waals surface area contributed by atoms with Crippen LogP contribution in [0.25, 0.3) is 10.9 Å². The summed E-state index contributed by atoms with van der Waals surface area (Å²) in [4.78, 5) is 43.5. The molecular formula is C32H41N7O5. The summed E-state index contributed by atoms with van der Waals surface area (Å²) in [5.74, 6) is 1.48. The molecule has 0 atom stereocenters. The van der Waals surface area contributed by atoms with Gasteiger partial charge in [-0.25, -0.2) is 4.79 Å². The van der Waals surface area contributed by atoms with Crippen LogP contribution in [-0.2, 0) is 4.79 Å². The van der Waals surface area contributed by atoms with Gasteiger partial charge in [-0.05, 0) is 55.9 Å². The number of imide groups is 1. The molecule has 0 aliphatic carbocycles. The fourth-order valence-electron chi connectivity index (χ4n) is 6.68. The molecule has 3 aliphatic rings. The Kier molecular flexibility index (Phi) is 8.60. The summed E-state index contributed by atoms with van der Waals surface area (Å²) in [6.45, 7) is 4.78. The van der Waals surface area contributed by atoms with Gasteiger partial charge in [0.2, 0.25) is 5.91 Å². The van der Waals surface area contributed by atoms with Crippen LogP contribution in [-0.4, -0.2) is 98.0 Å². The first kappa shape index (κ1) is 29.7. The van der Waals surface area contributed by atoms with Gasteiger partial charge in [-0.15, -0.1) is 0 Å². The third-order valence-electron chi connectivity index (χ3n) is 9.23. The summed E-state index contributed by atoms with van der Waals surface area (Å²) >= 11 is 0. The molecule has 4 amide bonds. The zero-order valence-corrected chi connectivity index (χ0v) is 25.7. The summed E-state index contributed by atoms with van der Waals surface area (Å²) in [6.07, 6.45) is 6.40. The number of amides is 4. The number of carbonyl (C=O) groups is 3. The summed E-state index contributed by atoms with van der Waals surface area (Å²) < 4.78 is 13.1. The van der Waals surface area contributed by atoms with Crippen molar-refractivity contribution in [2.24, 2.45) is 5.92 Å². The summed E-state index contributed by atoms with van der Waals surface area (Å²) in [5, 5.41) is 11.5. The quantitative estimate of drug-likeness (QED) is 0.400. The Hall–Kier alpha value is -4.32. The molecule has 12 heteroatoms.